The maximum atomic E-state index is 12.6. The molecule has 0 atom stereocenters. The fourth-order valence-corrected chi connectivity index (χ4v) is 3.16. The van der Waals surface area contributed by atoms with Crippen LogP contribution < -0.4 is 10.6 Å². The molecule has 0 aliphatic carbocycles. The predicted molar refractivity (Wildman–Crippen MR) is 145 cm³/mol. The molecule has 0 unspecified atom stereocenters. The zero-order valence-corrected chi connectivity index (χ0v) is 24.0. The van der Waals surface area contributed by atoms with Crippen LogP contribution in [-0.2, 0) is 20.0 Å². The Morgan fingerprint density at radius 3 is 1.48 bits per heavy atom. The number of pyridine rings is 2. The summed E-state index contributed by atoms with van der Waals surface area (Å²) < 4.78 is 92.2. The molecule has 2 aromatic carbocycles. The van der Waals surface area contributed by atoms with Gasteiger partial charge in [0.2, 0.25) is 0 Å². The van der Waals surface area contributed by atoms with E-state index in [1.54, 1.807) is 19.1 Å². The number of aromatic nitrogens is 2. The third-order valence-corrected chi connectivity index (χ3v) is 5.24. The average molecular weight is 685 g/mol. The second-order valence-electron chi connectivity index (χ2n) is 8.41. The van der Waals surface area contributed by atoms with Crippen LogP contribution in [0.1, 0.15) is 48.0 Å². The van der Waals surface area contributed by atoms with Crippen molar-refractivity contribution in [2.24, 2.45) is 0 Å². The normalized spacial score (nSPS) is 10.6. The van der Waals surface area contributed by atoms with E-state index in [4.69, 9.17) is 7.67 Å². The van der Waals surface area contributed by atoms with Gasteiger partial charge in [0.15, 0.2) is 6.29 Å². The van der Waals surface area contributed by atoms with Gasteiger partial charge in [-0.2, -0.15) is 26.3 Å². The Morgan fingerprint density at radius 1 is 0.705 bits per heavy atom. The third kappa shape index (κ3) is 11.4. The summed E-state index contributed by atoms with van der Waals surface area (Å²) >= 11 is -1.62. The summed E-state index contributed by atoms with van der Waals surface area (Å²) in [6.45, 7) is 1.77. The van der Waals surface area contributed by atoms with E-state index in [-0.39, 0.29) is 28.2 Å². The van der Waals surface area contributed by atoms with Crippen molar-refractivity contribution < 1.29 is 48.4 Å². The quantitative estimate of drug-likeness (QED) is 0.145. The topological polar surface area (TPSA) is 135 Å². The summed E-state index contributed by atoms with van der Waals surface area (Å²) in [6.07, 6.45) is -5.85. The third-order valence-electron chi connectivity index (χ3n) is 5.24. The number of anilines is 2. The Bertz CT molecular complexity index is 1620. The molecule has 44 heavy (non-hydrogen) atoms. The number of halogens is 6. The fourth-order valence-electron chi connectivity index (χ4n) is 3.16. The van der Waals surface area contributed by atoms with Gasteiger partial charge in [0, 0.05) is 29.5 Å². The van der Waals surface area contributed by atoms with E-state index in [0.29, 0.717) is 6.29 Å². The van der Waals surface area contributed by atoms with Crippen LogP contribution in [0.2, 0.25) is 0 Å². The summed E-state index contributed by atoms with van der Waals surface area (Å²) in [4.78, 5) is 41.8. The molecule has 2 heterocycles. The van der Waals surface area contributed by atoms with Crippen LogP contribution in [0.15, 0.2) is 85.2 Å². The van der Waals surface area contributed by atoms with Crippen LogP contribution >= 0.6 is 0 Å². The van der Waals surface area contributed by atoms with Gasteiger partial charge in [0.25, 0.3) is 11.8 Å². The molecule has 0 saturated heterocycles. The van der Waals surface area contributed by atoms with Crippen LogP contribution in [0.4, 0.5) is 37.7 Å². The van der Waals surface area contributed by atoms with Gasteiger partial charge in [-0.15, -0.1) is 0 Å². The van der Waals surface area contributed by atoms with Gasteiger partial charge in [-0.25, -0.2) is 0 Å². The SMILES string of the molecule is Cc1ccc(C(=O)Nc2cccc(C(F)(F)F)c2)cn1.O=Cc1ccc(C(=O)Nc2cccc(C(F)(F)F)c2)cn1.O=[Se]=O. The Labute approximate surface area is 251 Å². The Hall–Kier alpha value is -4.95. The van der Waals surface area contributed by atoms with Crippen LogP contribution in [0.3, 0.4) is 0 Å². The van der Waals surface area contributed by atoms with Gasteiger partial charge in [-0.3, -0.25) is 24.4 Å². The van der Waals surface area contributed by atoms with Crippen LogP contribution in [0.5, 0.6) is 0 Å². The van der Waals surface area contributed by atoms with Gasteiger partial charge in [0.05, 0.1) is 22.3 Å². The maximum absolute atomic E-state index is 12.6. The number of benzene rings is 2. The standard InChI is InChI=1S/C14H9F3N2O2.C14H11F3N2O.O2Se/c15-14(16,17)10-2-1-3-11(6-10)19-13(21)9-4-5-12(8-20)18-7-9;1-9-5-6-10(8-18-9)13(20)19-12-4-2-3-11(7-12)14(15,16)17;1-3-2/h1-8H,(H,19,21);2-8H,1H3,(H,19,20);. The predicted octanol–water partition coefficient (Wildman–Crippen LogP) is 6.21. The fraction of sp³-hybridized carbons (Fsp3) is 0.107. The minimum atomic E-state index is -4.48. The zero-order chi connectivity index (χ0) is 32.9. The Morgan fingerprint density at radius 2 is 1.14 bits per heavy atom. The van der Waals surface area contributed by atoms with Crippen LogP contribution in [-0.4, -0.2) is 42.9 Å². The number of carbonyl (C=O) groups excluding carboxylic acids is 3. The molecular weight excluding hydrogens is 665 g/mol. The zero-order valence-electron chi connectivity index (χ0n) is 22.3. The van der Waals surface area contributed by atoms with Crippen LogP contribution in [0.25, 0.3) is 0 Å². The second kappa shape index (κ2) is 16.0. The van der Waals surface area contributed by atoms with Gasteiger partial charge in [-0.1, -0.05) is 12.1 Å². The summed E-state index contributed by atoms with van der Waals surface area (Å²) in [5, 5.41) is 4.75. The molecule has 4 aromatic rings. The molecule has 16 heteroatoms. The molecule has 0 radical (unpaired) electrons. The number of rotatable bonds is 5. The van der Waals surface area contributed by atoms with Crippen molar-refractivity contribution >= 4 is 44.3 Å². The number of aryl methyl sites for hydroxylation is 1. The van der Waals surface area contributed by atoms with Crippen molar-refractivity contribution in [3.05, 3.63) is 119 Å². The summed E-state index contributed by atoms with van der Waals surface area (Å²) in [5.74, 6) is -1.11. The molecule has 0 spiro atoms. The molecule has 0 aliphatic rings. The van der Waals surface area contributed by atoms with Crippen molar-refractivity contribution in [1.82, 2.24) is 9.97 Å². The van der Waals surface area contributed by atoms with Crippen molar-refractivity contribution in [2.75, 3.05) is 10.6 Å². The molecule has 2 amide bonds. The van der Waals surface area contributed by atoms with E-state index in [1.807, 2.05) is 0 Å². The van der Waals surface area contributed by atoms with Crippen molar-refractivity contribution in [1.29, 1.82) is 0 Å². The molecule has 0 saturated carbocycles. The van der Waals surface area contributed by atoms with E-state index < -0.39 is 50.1 Å². The number of hydrogen-bond acceptors (Lipinski definition) is 7. The molecular formula is C28H20F6N4O5Se. The van der Waals surface area contributed by atoms with E-state index in [2.05, 4.69) is 20.6 Å². The van der Waals surface area contributed by atoms with Gasteiger partial charge >= 0.3 is 34.8 Å². The number of hydrogen-bond donors (Lipinski definition) is 2. The molecule has 9 nitrogen and oxygen atoms in total. The Balaban J connectivity index is 0.000000282. The molecule has 0 aliphatic heterocycles. The number of aldehydes is 1. The second-order valence-corrected chi connectivity index (χ2v) is 8.70. The first-order valence-corrected chi connectivity index (χ1v) is 13.3. The molecule has 0 fully saturated rings. The van der Waals surface area contributed by atoms with E-state index in [0.717, 1.165) is 30.0 Å². The van der Waals surface area contributed by atoms with Crippen molar-refractivity contribution in [3.8, 4) is 0 Å². The molecule has 4 rings (SSSR count). The number of nitrogens with one attached hydrogen (secondary N) is 2. The first kappa shape index (κ1) is 35.2. The van der Waals surface area contributed by atoms with Crippen LogP contribution in [0, 0.1) is 6.92 Å². The van der Waals surface area contributed by atoms with E-state index >= 15 is 0 Å². The van der Waals surface area contributed by atoms with Gasteiger partial charge in [-0.05, 0) is 67.6 Å². The molecule has 230 valence electrons. The van der Waals surface area contributed by atoms with E-state index in [9.17, 15) is 40.7 Å². The molecule has 0 bridgehead atoms. The molecule has 2 aromatic heterocycles. The first-order valence-electron chi connectivity index (χ1n) is 11.9. The van der Waals surface area contributed by atoms with Gasteiger partial charge in [0.1, 0.15) is 5.69 Å². The van der Waals surface area contributed by atoms with E-state index in [1.165, 1.54) is 48.8 Å². The number of nitrogens with zero attached hydrogens (tertiary/aromatic N) is 2. The van der Waals surface area contributed by atoms with Gasteiger partial charge < -0.3 is 10.6 Å². The Kier molecular flexibility index (Phi) is 12.9. The average Bonchev–Trinajstić information content (AvgIpc) is 2.98. The number of carbonyl (C=O) groups is 3. The molecule has 2 N–H and O–H groups in total. The monoisotopic (exact) mass is 686 g/mol. The first-order chi connectivity index (χ1) is 20.7. The van der Waals surface area contributed by atoms with Crippen molar-refractivity contribution in [2.45, 2.75) is 19.3 Å². The number of amides is 2. The summed E-state index contributed by atoms with van der Waals surface area (Å²) in [5.41, 5.74) is -0.219. The summed E-state index contributed by atoms with van der Waals surface area (Å²) in [7, 11) is 0. The summed E-state index contributed by atoms with van der Waals surface area (Å²) in [6, 6.07) is 14.7. The number of alkyl halides is 6. The minimum absolute atomic E-state index is 0.0225. The van der Waals surface area contributed by atoms with Crippen molar-refractivity contribution in [3.63, 3.8) is 0 Å².